The molecule has 0 aliphatic heterocycles. The van der Waals surface area contributed by atoms with E-state index < -0.39 is 0 Å². The lowest BCUT2D eigenvalue weighted by molar-refractivity contribution is 0.134. The lowest BCUT2D eigenvalue weighted by Crippen LogP contribution is -2.34. The summed E-state index contributed by atoms with van der Waals surface area (Å²) in [5.74, 6) is 0.766. The Bertz CT molecular complexity index is 641. The van der Waals surface area contributed by atoms with Gasteiger partial charge in [0, 0.05) is 25.3 Å². The first kappa shape index (κ1) is 17.8. The van der Waals surface area contributed by atoms with Crippen LogP contribution >= 0.6 is 0 Å². The van der Waals surface area contributed by atoms with Crippen LogP contribution < -0.4 is 15.4 Å². The molecule has 0 atom stereocenters. The molecule has 2 aromatic rings. The fraction of sp³-hybridized carbons (Fsp3) is 0.316. The first-order chi connectivity index (χ1) is 11.7. The van der Waals surface area contributed by atoms with Crippen molar-refractivity contribution in [1.82, 2.24) is 10.6 Å². The van der Waals surface area contributed by atoms with Crippen molar-refractivity contribution in [3.8, 4) is 5.75 Å². The van der Waals surface area contributed by atoms with Crippen LogP contribution in [0.15, 0.2) is 48.5 Å². The highest BCUT2D eigenvalue weighted by atomic mass is 16.5. The lowest BCUT2D eigenvalue weighted by atomic mass is 10.1. The molecule has 0 radical (unpaired) electrons. The van der Waals surface area contributed by atoms with Crippen LogP contribution in [0.3, 0.4) is 0 Å². The Morgan fingerprint density at radius 1 is 0.958 bits per heavy atom. The number of carbonyl (C=O) groups excluding carboxylic acids is 1. The number of amides is 2. The van der Waals surface area contributed by atoms with Gasteiger partial charge in [0.15, 0.2) is 0 Å². The van der Waals surface area contributed by atoms with Gasteiger partial charge in [-0.2, -0.15) is 0 Å². The largest absolute Gasteiger partial charge is 0.496 e. The monoisotopic (exact) mass is 328 g/mol. The Morgan fingerprint density at radius 2 is 1.62 bits per heavy atom. The topological polar surface area (TPSA) is 59.6 Å². The Hall–Kier alpha value is -2.53. The fourth-order valence-corrected chi connectivity index (χ4v) is 2.24. The van der Waals surface area contributed by atoms with Crippen LogP contribution in [0.5, 0.6) is 5.75 Å². The maximum absolute atomic E-state index is 11.9. The normalized spacial score (nSPS) is 10.2. The maximum atomic E-state index is 11.9. The number of nitrogens with one attached hydrogen (secondary N) is 2. The molecular formula is C19H24N2O3. The molecule has 0 saturated carbocycles. The van der Waals surface area contributed by atoms with Crippen LogP contribution in [0.2, 0.25) is 0 Å². The molecule has 0 fully saturated rings. The molecule has 2 rings (SSSR count). The second-order valence-electron chi connectivity index (χ2n) is 5.30. The third-order valence-electron chi connectivity index (χ3n) is 3.58. The number of benzene rings is 2. The van der Waals surface area contributed by atoms with E-state index >= 15 is 0 Å². The molecule has 5 heteroatoms. The number of para-hydroxylation sites is 1. The lowest BCUT2D eigenvalue weighted by Gasteiger charge is -2.11. The molecule has 0 unspecified atom stereocenters. The minimum atomic E-state index is -0.209. The summed E-state index contributed by atoms with van der Waals surface area (Å²) in [5.41, 5.74) is 3.11. The van der Waals surface area contributed by atoms with Crippen molar-refractivity contribution in [1.29, 1.82) is 0 Å². The second kappa shape index (κ2) is 9.57. The van der Waals surface area contributed by atoms with E-state index in [9.17, 15) is 4.79 Å². The van der Waals surface area contributed by atoms with Crippen molar-refractivity contribution in [2.24, 2.45) is 0 Å². The van der Waals surface area contributed by atoms with E-state index in [1.54, 1.807) is 7.11 Å². The molecule has 0 heterocycles. The highest BCUT2D eigenvalue weighted by Crippen LogP contribution is 2.16. The number of hydrogen-bond acceptors (Lipinski definition) is 3. The highest BCUT2D eigenvalue weighted by Gasteiger charge is 2.04. The van der Waals surface area contributed by atoms with Gasteiger partial charge in [0.05, 0.1) is 13.7 Å². The number of urea groups is 1. The van der Waals surface area contributed by atoms with Gasteiger partial charge in [-0.05, 0) is 24.1 Å². The Morgan fingerprint density at radius 3 is 2.33 bits per heavy atom. The van der Waals surface area contributed by atoms with Crippen molar-refractivity contribution >= 4 is 6.03 Å². The average Bonchev–Trinajstić information content (AvgIpc) is 2.64. The zero-order chi connectivity index (χ0) is 17.2. The summed E-state index contributed by atoms with van der Waals surface area (Å²) < 4.78 is 10.6. The first-order valence-electron chi connectivity index (χ1n) is 8.02. The smallest absolute Gasteiger partial charge is 0.315 e. The van der Waals surface area contributed by atoms with Crippen molar-refractivity contribution < 1.29 is 14.3 Å². The third kappa shape index (κ3) is 5.59. The number of carbonyl (C=O) groups is 1. The van der Waals surface area contributed by atoms with Gasteiger partial charge in [0.1, 0.15) is 5.75 Å². The second-order valence-corrected chi connectivity index (χ2v) is 5.30. The van der Waals surface area contributed by atoms with Crippen molar-refractivity contribution in [3.63, 3.8) is 0 Å². The molecule has 0 aromatic heterocycles. The number of hydrogen-bond donors (Lipinski definition) is 2. The summed E-state index contributed by atoms with van der Waals surface area (Å²) >= 11 is 0. The molecule has 0 saturated heterocycles. The molecule has 2 N–H and O–H groups in total. The SMILES string of the molecule is CCOCc1ccc(CNC(=O)NCc2ccccc2OC)cc1. The standard InChI is InChI=1S/C19H24N2O3/c1-3-24-14-16-10-8-15(9-11-16)12-20-19(22)21-13-17-6-4-5-7-18(17)23-2/h4-11H,3,12-14H2,1-2H3,(H2,20,21,22). The van der Waals surface area contributed by atoms with Gasteiger partial charge in [-0.15, -0.1) is 0 Å². The number of ether oxygens (including phenoxy) is 2. The minimum Gasteiger partial charge on any atom is -0.496 e. The third-order valence-corrected chi connectivity index (χ3v) is 3.58. The van der Waals surface area contributed by atoms with Crippen LogP contribution in [-0.4, -0.2) is 19.7 Å². The molecule has 0 aliphatic carbocycles. The minimum absolute atomic E-state index is 0.209. The van der Waals surface area contributed by atoms with E-state index in [0.717, 1.165) is 22.4 Å². The zero-order valence-corrected chi connectivity index (χ0v) is 14.2. The maximum Gasteiger partial charge on any atom is 0.315 e. The van der Waals surface area contributed by atoms with E-state index in [1.807, 2.05) is 55.5 Å². The van der Waals surface area contributed by atoms with Crippen molar-refractivity contribution in [2.75, 3.05) is 13.7 Å². The van der Waals surface area contributed by atoms with Gasteiger partial charge >= 0.3 is 6.03 Å². The van der Waals surface area contributed by atoms with E-state index in [-0.39, 0.29) is 6.03 Å². The van der Waals surface area contributed by atoms with Gasteiger partial charge in [0.25, 0.3) is 0 Å². The molecule has 0 bridgehead atoms. The van der Waals surface area contributed by atoms with E-state index in [0.29, 0.717) is 26.3 Å². The van der Waals surface area contributed by atoms with Gasteiger partial charge in [-0.25, -0.2) is 4.79 Å². The molecule has 0 aliphatic rings. The van der Waals surface area contributed by atoms with Gasteiger partial charge < -0.3 is 20.1 Å². The molecule has 5 nitrogen and oxygen atoms in total. The van der Waals surface area contributed by atoms with E-state index in [4.69, 9.17) is 9.47 Å². The Kier molecular flexibility index (Phi) is 7.11. The van der Waals surface area contributed by atoms with Crippen LogP contribution in [-0.2, 0) is 24.4 Å². The summed E-state index contributed by atoms with van der Waals surface area (Å²) in [7, 11) is 1.62. The quantitative estimate of drug-likeness (QED) is 0.782. The Labute approximate surface area is 143 Å². The summed E-state index contributed by atoms with van der Waals surface area (Å²) in [6.07, 6.45) is 0. The van der Waals surface area contributed by atoms with Crippen molar-refractivity contribution in [3.05, 3.63) is 65.2 Å². The Balaban J connectivity index is 1.76. The predicted octanol–water partition coefficient (Wildman–Crippen LogP) is 3.23. The fourth-order valence-electron chi connectivity index (χ4n) is 2.24. The summed E-state index contributed by atoms with van der Waals surface area (Å²) in [6, 6.07) is 15.4. The van der Waals surface area contributed by atoms with Crippen molar-refractivity contribution in [2.45, 2.75) is 26.6 Å². The molecule has 0 spiro atoms. The molecule has 2 aromatic carbocycles. The molecule has 24 heavy (non-hydrogen) atoms. The molecule has 128 valence electrons. The van der Waals surface area contributed by atoms with E-state index in [2.05, 4.69) is 10.6 Å². The highest BCUT2D eigenvalue weighted by molar-refractivity contribution is 5.73. The van der Waals surface area contributed by atoms with Gasteiger partial charge in [-0.3, -0.25) is 0 Å². The molecule has 2 amide bonds. The van der Waals surface area contributed by atoms with Crippen LogP contribution in [0.1, 0.15) is 23.6 Å². The van der Waals surface area contributed by atoms with E-state index in [1.165, 1.54) is 0 Å². The van der Waals surface area contributed by atoms with Crippen LogP contribution in [0.4, 0.5) is 4.79 Å². The summed E-state index contributed by atoms with van der Waals surface area (Å²) in [6.45, 7) is 4.19. The van der Waals surface area contributed by atoms with Gasteiger partial charge in [-0.1, -0.05) is 42.5 Å². The van der Waals surface area contributed by atoms with Crippen LogP contribution in [0.25, 0.3) is 0 Å². The average molecular weight is 328 g/mol. The number of methoxy groups -OCH3 is 1. The summed E-state index contributed by atoms with van der Waals surface area (Å²) in [4.78, 5) is 11.9. The van der Waals surface area contributed by atoms with Crippen LogP contribution in [0, 0.1) is 0 Å². The summed E-state index contributed by atoms with van der Waals surface area (Å²) in [5, 5.41) is 5.68. The predicted molar refractivity (Wildman–Crippen MR) is 93.8 cm³/mol. The molecular weight excluding hydrogens is 304 g/mol. The van der Waals surface area contributed by atoms with Gasteiger partial charge in [0.2, 0.25) is 0 Å². The first-order valence-corrected chi connectivity index (χ1v) is 8.02. The number of rotatable bonds is 8. The zero-order valence-electron chi connectivity index (χ0n) is 14.2.